The average Bonchev–Trinajstić information content (AvgIpc) is 2.78. The molecule has 114 valence electrons. The molecule has 1 aromatic carbocycles. The zero-order valence-corrected chi connectivity index (χ0v) is 12.9. The molecule has 2 unspecified atom stereocenters. The van der Waals surface area contributed by atoms with Gasteiger partial charge in [-0.05, 0) is 57.2 Å². The molecule has 4 heteroatoms. The minimum absolute atomic E-state index is 0.333. The summed E-state index contributed by atoms with van der Waals surface area (Å²) in [6.07, 6.45) is 4.90. The largest absolute Gasteiger partial charge is 0.368 e. The van der Waals surface area contributed by atoms with E-state index in [2.05, 4.69) is 30.1 Å². The number of nitrogens with zero attached hydrogens (tertiary/aromatic N) is 1. The highest BCUT2D eigenvalue weighted by Gasteiger charge is 2.36. The number of rotatable bonds is 4. The lowest BCUT2D eigenvalue weighted by Crippen LogP contribution is -2.48. The van der Waals surface area contributed by atoms with E-state index in [-0.39, 0.29) is 5.91 Å². The van der Waals surface area contributed by atoms with E-state index >= 15 is 0 Å². The number of benzene rings is 1. The van der Waals surface area contributed by atoms with E-state index in [9.17, 15) is 4.79 Å². The highest BCUT2D eigenvalue weighted by atomic mass is 16.1. The Morgan fingerprint density at radius 3 is 2.57 bits per heavy atom. The first-order valence-corrected chi connectivity index (χ1v) is 8.01. The van der Waals surface area contributed by atoms with Gasteiger partial charge in [0.2, 0.25) is 0 Å². The van der Waals surface area contributed by atoms with Crippen LogP contribution in [0.25, 0.3) is 0 Å². The number of nitrogens with one attached hydrogen (secondary N) is 1. The van der Waals surface area contributed by atoms with E-state index in [1.54, 1.807) is 0 Å². The number of aryl methyl sites for hydroxylation is 1. The van der Waals surface area contributed by atoms with Gasteiger partial charge in [-0.2, -0.15) is 0 Å². The minimum Gasteiger partial charge on any atom is -0.368 e. The molecule has 0 aliphatic carbocycles. The monoisotopic (exact) mass is 287 g/mol. The van der Waals surface area contributed by atoms with Crippen molar-refractivity contribution in [2.75, 3.05) is 11.4 Å². The number of carbonyl (C=O) groups is 1. The molecule has 2 atom stereocenters. The summed E-state index contributed by atoms with van der Waals surface area (Å²) >= 11 is 0. The number of carbonyl (C=O) groups excluding carboxylic acids is 1. The van der Waals surface area contributed by atoms with Crippen LogP contribution in [0.5, 0.6) is 0 Å². The lowest BCUT2D eigenvalue weighted by molar-refractivity contribution is 0.100. The van der Waals surface area contributed by atoms with Crippen molar-refractivity contribution in [1.82, 2.24) is 5.32 Å². The van der Waals surface area contributed by atoms with Crippen LogP contribution in [-0.4, -0.2) is 30.6 Å². The van der Waals surface area contributed by atoms with Crippen molar-refractivity contribution in [3.63, 3.8) is 0 Å². The number of hydrogen-bond donors (Lipinski definition) is 2. The number of primary amides is 1. The van der Waals surface area contributed by atoms with Crippen LogP contribution in [-0.2, 0) is 0 Å². The van der Waals surface area contributed by atoms with Gasteiger partial charge in [-0.25, -0.2) is 0 Å². The summed E-state index contributed by atoms with van der Waals surface area (Å²) in [4.78, 5) is 14.1. The van der Waals surface area contributed by atoms with Gasteiger partial charge in [0.05, 0.1) is 11.3 Å². The molecule has 2 heterocycles. The van der Waals surface area contributed by atoms with Gasteiger partial charge < -0.3 is 16.0 Å². The molecule has 2 saturated heterocycles. The molecule has 2 aliphatic heterocycles. The minimum atomic E-state index is -0.333. The van der Waals surface area contributed by atoms with E-state index in [0.717, 1.165) is 25.1 Å². The van der Waals surface area contributed by atoms with Crippen LogP contribution in [0, 0.1) is 6.92 Å². The third kappa shape index (κ3) is 2.77. The molecular formula is C17H25N3O. The normalized spacial score (nSPS) is 27.6. The number of amides is 1. The van der Waals surface area contributed by atoms with E-state index in [1.165, 1.54) is 18.4 Å². The highest BCUT2D eigenvalue weighted by Crippen LogP contribution is 2.33. The Morgan fingerprint density at radius 2 is 2.00 bits per heavy atom. The molecule has 21 heavy (non-hydrogen) atoms. The second kappa shape index (κ2) is 5.68. The fourth-order valence-corrected chi connectivity index (χ4v) is 3.99. The van der Waals surface area contributed by atoms with Crippen molar-refractivity contribution in [2.45, 2.75) is 57.7 Å². The average molecular weight is 287 g/mol. The van der Waals surface area contributed by atoms with Crippen LogP contribution >= 0.6 is 0 Å². The van der Waals surface area contributed by atoms with Gasteiger partial charge in [0.1, 0.15) is 0 Å². The Kier molecular flexibility index (Phi) is 3.89. The molecule has 2 aliphatic rings. The van der Waals surface area contributed by atoms with Gasteiger partial charge in [-0.15, -0.1) is 0 Å². The summed E-state index contributed by atoms with van der Waals surface area (Å²) < 4.78 is 0. The predicted molar refractivity (Wildman–Crippen MR) is 85.7 cm³/mol. The molecule has 3 rings (SSSR count). The van der Waals surface area contributed by atoms with E-state index in [1.807, 2.05) is 12.1 Å². The van der Waals surface area contributed by atoms with E-state index < -0.39 is 0 Å². The summed E-state index contributed by atoms with van der Waals surface area (Å²) in [6.45, 7) is 5.14. The quantitative estimate of drug-likeness (QED) is 0.892. The van der Waals surface area contributed by atoms with Crippen molar-refractivity contribution >= 4 is 11.6 Å². The first-order valence-electron chi connectivity index (χ1n) is 8.01. The first-order chi connectivity index (χ1) is 10.1. The summed E-state index contributed by atoms with van der Waals surface area (Å²) in [5, 5.41) is 3.68. The summed E-state index contributed by atoms with van der Waals surface area (Å²) in [5.74, 6) is -0.333. The van der Waals surface area contributed by atoms with Crippen LogP contribution in [0.1, 0.15) is 48.5 Å². The molecule has 1 aromatic rings. The van der Waals surface area contributed by atoms with Gasteiger partial charge in [0, 0.05) is 24.7 Å². The molecule has 2 bridgehead atoms. The lowest BCUT2D eigenvalue weighted by atomic mass is 9.96. The first kappa shape index (κ1) is 14.4. The van der Waals surface area contributed by atoms with E-state index in [4.69, 9.17) is 5.73 Å². The molecule has 0 aromatic heterocycles. The molecule has 2 fully saturated rings. The van der Waals surface area contributed by atoms with Gasteiger partial charge in [0.25, 0.3) is 5.91 Å². The third-order valence-electron chi connectivity index (χ3n) is 4.96. The zero-order chi connectivity index (χ0) is 15.0. The van der Waals surface area contributed by atoms with Crippen molar-refractivity contribution < 1.29 is 4.79 Å². The molecule has 0 saturated carbocycles. The highest BCUT2D eigenvalue weighted by molar-refractivity contribution is 5.98. The Balaban J connectivity index is 1.92. The summed E-state index contributed by atoms with van der Waals surface area (Å²) in [6, 6.07) is 7.73. The lowest BCUT2D eigenvalue weighted by Gasteiger charge is -2.39. The number of anilines is 1. The SMILES string of the molecule is CCN(c1cc(C)ccc1C(N)=O)C1CC2CCC(C1)N2. The fourth-order valence-electron chi connectivity index (χ4n) is 3.99. The van der Waals surface area contributed by atoms with Crippen LogP contribution < -0.4 is 16.0 Å². The smallest absolute Gasteiger partial charge is 0.250 e. The maximum absolute atomic E-state index is 11.8. The van der Waals surface area contributed by atoms with Gasteiger partial charge >= 0.3 is 0 Å². The summed E-state index contributed by atoms with van der Waals surface area (Å²) in [5.41, 5.74) is 8.40. The van der Waals surface area contributed by atoms with Gasteiger partial charge in [-0.3, -0.25) is 4.79 Å². The molecule has 1 amide bonds. The Labute approximate surface area is 126 Å². The van der Waals surface area contributed by atoms with Gasteiger partial charge in [0.15, 0.2) is 0 Å². The van der Waals surface area contributed by atoms with Crippen molar-refractivity contribution in [2.24, 2.45) is 5.73 Å². The number of hydrogen-bond acceptors (Lipinski definition) is 3. The zero-order valence-electron chi connectivity index (χ0n) is 12.9. The fraction of sp³-hybridized carbons (Fsp3) is 0.588. The second-order valence-corrected chi connectivity index (χ2v) is 6.43. The van der Waals surface area contributed by atoms with Crippen molar-refractivity contribution in [1.29, 1.82) is 0 Å². The molecule has 4 nitrogen and oxygen atoms in total. The topological polar surface area (TPSA) is 58.4 Å². The van der Waals surface area contributed by atoms with Gasteiger partial charge in [-0.1, -0.05) is 6.07 Å². The van der Waals surface area contributed by atoms with Crippen LogP contribution in [0.15, 0.2) is 18.2 Å². The van der Waals surface area contributed by atoms with Crippen LogP contribution in [0.4, 0.5) is 5.69 Å². The molecule has 0 radical (unpaired) electrons. The number of fused-ring (bicyclic) bond motifs is 2. The number of nitrogens with two attached hydrogens (primary N) is 1. The Bertz CT molecular complexity index is 531. The van der Waals surface area contributed by atoms with E-state index in [0.29, 0.717) is 23.7 Å². The standard InChI is InChI=1S/C17H25N3O/c1-3-20(14-9-12-5-6-13(10-14)19-12)16-8-11(2)4-7-15(16)17(18)21/h4,7-8,12-14,19H,3,5-6,9-10H2,1-2H3,(H2,18,21). The van der Waals surface area contributed by atoms with Crippen LogP contribution in [0.3, 0.4) is 0 Å². The number of piperidine rings is 1. The maximum atomic E-state index is 11.8. The van der Waals surface area contributed by atoms with Crippen LogP contribution in [0.2, 0.25) is 0 Å². The molecule has 0 spiro atoms. The molecule has 3 N–H and O–H groups in total. The van der Waals surface area contributed by atoms with Crippen molar-refractivity contribution in [3.8, 4) is 0 Å². The molecular weight excluding hydrogens is 262 g/mol. The maximum Gasteiger partial charge on any atom is 0.250 e. The van der Waals surface area contributed by atoms with Crippen molar-refractivity contribution in [3.05, 3.63) is 29.3 Å². The third-order valence-corrected chi connectivity index (χ3v) is 4.96. The second-order valence-electron chi connectivity index (χ2n) is 6.43. The Hall–Kier alpha value is -1.55. The summed E-state index contributed by atoms with van der Waals surface area (Å²) in [7, 11) is 0. The predicted octanol–water partition coefficient (Wildman–Crippen LogP) is 2.20. The Morgan fingerprint density at radius 1 is 1.33 bits per heavy atom.